The van der Waals surface area contributed by atoms with Gasteiger partial charge in [-0.1, -0.05) is 23.3 Å². The zero-order valence-corrected chi connectivity index (χ0v) is 13.4. The van der Waals surface area contributed by atoms with E-state index >= 15 is 0 Å². The van der Waals surface area contributed by atoms with Gasteiger partial charge < -0.3 is 9.84 Å². The normalized spacial score (nSPS) is 11.0. The number of hydrogen-bond donors (Lipinski definition) is 2. The second kappa shape index (κ2) is 6.93. The van der Waals surface area contributed by atoms with E-state index in [0.29, 0.717) is 0 Å². The topological polar surface area (TPSA) is 92.7 Å². The Morgan fingerprint density at radius 2 is 2.05 bits per heavy atom. The van der Waals surface area contributed by atoms with Crippen molar-refractivity contribution >= 4 is 27.6 Å². The van der Waals surface area contributed by atoms with Gasteiger partial charge in [0.1, 0.15) is 10.5 Å². The highest BCUT2D eigenvalue weighted by Crippen LogP contribution is 2.31. The number of halogens is 1. The maximum atomic E-state index is 12.2. The van der Waals surface area contributed by atoms with E-state index in [0.717, 1.165) is 17.7 Å². The number of benzene rings is 1. The SMILES string of the molecule is COc1c(C(=O)O)cc(Cl)cc1S(=O)(=O)NCC=C(C)C. The fraction of sp³-hybridized carbons (Fsp3) is 0.308. The summed E-state index contributed by atoms with van der Waals surface area (Å²) >= 11 is 5.79. The maximum Gasteiger partial charge on any atom is 0.339 e. The van der Waals surface area contributed by atoms with Crippen molar-refractivity contribution in [3.8, 4) is 5.75 Å². The van der Waals surface area contributed by atoms with Crippen LogP contribution >= 0.6 is 11.6 Å². The highest BCUT2D eigenvalue weighted by molar-refractivity contribution is 7.89. The molecule has 0 aliphatic rings. The molecule has 0 aliphatic carbocycles. The quantitative estimate of drug-likeness (QED) is 0.779. The van der Waals surface area contributed by atoms with Crippen LogP contribution in [0.25, 0.3) is 0 Å². The number of carboxylic acids is 1. The number of rotatable bonds is 6. The third kappa shape index (κ3) is 4.45. The van der Waals surface area contributed by atoms with E-state index in [-0.39, 0.29) is 27.8 Å². The van der Waals surface area contributed by atoms with E-state index in [4.69, 9.17) is 21.4 Å². The number of hydrogen-bond acceptors (Lipinski definition) is 4. The predicted octanol–water partition coefficient (Wildman–Crippen LogP) is 2.29. The molecule has 0 heterocycles. The standard InChI is InChI=1S/C13H16ClNO5S/c1-8(2)4-5-15-21(18,19)11-7-9(14)6-10(13(16)17)12(11)20-3/h4,6-7,15H,5H2,1-3H3,(H,16,17). The first-order valence-corrected chi connectivity index (χ1v) is 7.79. The molecule has 0 saturated heterocycles. The molecule has 6 nitrogen and oxygen atoms in total. The predicted molar refractivity (Wildman–Crippen MR) is 79.6 cm³/mol. The number of sulfonamides is 1. The molecule has 0 aliphatic heterocycles. The molecule has 2 N–H and O–H groups in total. The van der Waals surface area contributed by atoms with Crippen LogP contribution in [0.15, 0.2) is 28.7 Å². The van der Waals surface area contributed by atoms with E-state index in [2.05, 4.69) is 4.72 Å². The van der Waals surface area contributed by atoms with Gasteiger partial charge in [0, 0.05) is 11.6 Å². The smallest absolute Gasteiger partial charge is 0.339 e. The van der Waals surface area contributed by atoms with Crippen molar-refractivity contribution in [2.75, 3.05) is 13.7 Å². The summed E-state index contributed by atoms with van der Waals surface area (Å²) in [6, 6.07) is 2.29. The van der Waals surface area contributed by atoms with Crippen LogP contribution in [-0.2, 0) is 10.0 Å². The molecule has 0 bridgehead atoms. The number of ether oxygens (including phenoxy) is 1. The van der Waals surface area contributed by atoms with Gasteiger partial charge in [-0.25, -0.2) is 17.9 Å². The van der Waals surface area contributed by atoms with Gasteiger partial charge >= 0.3 is 5.97 Å². The highest BCUT2D eigenvalue weighted by atomic mass is 35.5. The second-order valence-corrected chi connectivity index (χ2v) is 6.60. The van der Waals surface area contributed by atoms with E-state index in [1.807, 2.05) is 13.8 Å². The number of aromatic carboxylic acids is 1. The maximum absolute atomic E-state index is 12.2. The lowest BCUT2D eigenvalue weighted by Crippen LogP contribution is -2.25. The Balaban J connectivity index is 3.34. The molecule has 21 heavy (non-hydrogen) atoms. The summed E-state index contributed by atoms with van der Waals surface area (Å²) < 4.78 is 31.8. The third-order valence-electron chi connectivity index (χ3n) is 2.53. The van der Waals surface area contributed by atoms with Gasteiger partial charge in [0.25, 0.3) is 0 Å². The lowest BCUT2D eigenvalue weighted by Gasteiger charge is -2.13. The minimum Gasteiger partial charge on any atom is -0.494 e. The summed E-state index contributed by atoms with van der Waals surface area (Å²) in [5.74, 6) is -1.58. The Bertz CT molecular complexity index is 678. The van der Waals surface area contributed by atoms with E-state index in [9.17, 15) is 13.2 Å². The van der Waals surface area contributed by atoms with Crippen molar-refractivity contribution in [3.05, 3.63) is 34.4 Å². The lowest BCUT2D eigenvalue weighted by atomic mass is 10.2. The molecule has 1 aromatic rings. The Morgan fingerprint density at radius 3 is 2.52 bits per heavy atom. The molecular weight excluding hydrogens is 318 g/mol. The molecule has 0 radical (unpaired) electrons. The highest BCUT2D eigenvalue weighted by Gasteiger charge is 2.25. The summed E-state index contributed by atoms with van der Waals surface area (Å²) in [6.07, 6.45) is 1.69. The molecule has 0 spiro atoms. The summed E-state index contributed by atoms with van der Waals surface area (Å²) in [4.78, 5) is 10.8. The van der Waals surface area contributed by atoms with Crippen molar-refractivity contribution in [3.63, 3.8) is 0 Å². The minimum absolute atomic E-state index is 0.00390. The summed E-state index contributed by atoms with van der Waals surface area (Å²) in [6.45, 7) is 3.75. The van der Waals surface area contributed by atoms with E-state index < -0.39 is 16.0 Å². The molecule has 1 rings (SSSR count). The fourth-order valence-corrected chi connectivity index (χ4v) is 3.03. The molecule has 0 atom stereocenters. The molecule has 0 aromatic heterocycles. The average molecular weight is 334 g/mol. The van der Waals surface area contributed by atoms with Crippen molar-refractivity contribution in [1.29, 1.82) is 0 Å². The van der Waals surface area contributed by atoms with Crippen LogP contribution in [0.1, 0.15) is 24.2 Å². The monoisotopic (exact) mass is 333 g/mol. The van der Waals surface area contributed by atoms with Gasteiger partial charge in [-0.15, -0.1) is 0 Å². The van der Waals surface area contributed by atoms with E-state index in [1.54, 1.807) is 6.08 Å². The molecule has 116 valence electrons. The number of methoxy groups -OCH3 is 1. The first-order valence-electron chi connectivity index (χ1n) is 5.93. The Morgan fingerprint density at radius 1 is 1.43 bits per heavy atom. The number of carboxylic acid groups (broad SMARTS) is 1. The molecule has 8 heteroatoms. The zero-order chi connectivity index (χ0) is 16.2. The molecule has 0 unspecified atom stereocenters. The summed E-state index contributed by atoms with van der Waals surface area (Å²) in [7, 11) is -2.75. The van der Waals surface area contributed by atoms with Crippen LogP contribution in [-0.4, -0.2) is 33.1 Å². The summed E-state index contributed by atoms with van der Waals surface area (Å²) in [5, 5.41) is 9.09. The van der Waals surface area contributed by atoms with Crippen LogP contribution in [0.5, 0.6) is 5.75 Å². The van der Waals surface area contributed by atoms with Crippen LogP contribution in [0, 0.1) is 0 Å². The number of allylic oxidation sites excluding steroid dienone is 1. The summed E-state index contributed by atoms with van der Waals surface area (Å²) in [5.41, 5.74) is 0.634. The number of carbonyl (C=O) groups is 1. The van der Waals surface area contributed by atoms with Gasteiger partial charge in [-0.3, -0.25) is 0 Å². The van der Waals surface area contributed by atoms with Crippen LogP contribution in [0.2, 0.25) is 5.02 Å². The first kappa shape index (κ1) is 17.5. The van der Waals surface area contributed by atoms with Gasteiger partial charge in [0.2, 0.25) is 10.0 Å². The Labute approximate surface area is 128 Å². The van der Waals surface area contributed by atoms with Crippen molar-refractivity contribution in [2.45, 2.75) is 18.7 Å². The third-order valence-corrected chi connectivity index (χ3v) is 4.17. The Hall–Kier alpha value is -1.57. The van der Waals surface area contributed by atoms with Crippen LogP contribution in [0.3, 0.4) is 0 Å². The average Bonchev–Trinajstić information content (AvgIpc) is 2.36. The minimum atomic E-state index is -3.94. The molecule has 0 amide bonds. The van der Waals surface area contributed by atoms with Crippen molar-refractivity contribution in [2.24, 2.45) is 0 Å². The fourth-order valence-electron chi connectivity index (χ4n) is 1.57. The second-order valence-electron chi connectivity index (χ2n) is 4.42. The van der Waals surface area contributed by atoms with E-state index in [1.165, 1.54) is 7.11 Å². The van der Waals surface area contributed by atoms with Gasteiger partial charge in [-0.05, 0) is 26.0 Å². The van der Waals surface area contributed by atoms with Gasteiger partial charge in [-0.2, -0.15) is 0 Å². The van der Waals surface area contributed by atoms with Gasteiger partial charge in [0.05, 0.1) is 7.11 Å². The molecule has 1 aromatic carbocycles. The van der Waals surface area contributed by atoms with Gasteiger partial charge in [0.15, 0.2) is 5.75 Å². The van der Waals surface area contributed by atoms with Crippen molar-refractivity contribution in [1.82, 2.24) is 4.72 Å². The lowest BCUT2D eigenvalue weighted by molar-refractivity contribution is 0.0693. The molecule has 0 saturated carbocycles. The molecular formula is C13H16ClNO5S. The number of nitrogens with one attached hydrogen (secondary N) is 1. The Kier molecular flexibility index (Phi) is 5.77. The molecule has 0 fully saturated rings. The zero-order valence-electron chi connectivity index (χ0n) is 11.8. The van der Waals surface area contributed by atoms with Crippen molar-refractivity contribution < 1.29 is 23.1 Å². The van der Waals surface area contributed by atoms with Crippen LogP contribution < -0.4 is 9.46 Å². The largest absolute Gasteiger partial charge is 0.494 e. The van der Waals surface area contributed by atoms with Crippen LogP contribution in [0.4, 0.5) is 0 Å². The first-order chi connectivity index (χ1) is 9.69.